The Labute approximate surface area is 80.1 Å². The van der Waals surface area contributed by atoms with Gasteiger partial charge in [-0.3, -0.25) is 4.79 Å². The van der Waals surface area contributed by atoms with Crippen LogP contribution < -0.4 is 10.5 Å². The second-order valence-electron chi connectivity index (χ2n) is 2.58. The number of amides is 1. The number of carboxylic acids is 1. The van der Waals surface area contributed by atoms with E-state index in [4.69, 9.17) is 15.6 Å². The van der Waals surface area contributed by atoms with Crippen LogP contribution in [0, 0.1) is 0 Å². The first kappa shape index (κ1) is 10.0. The summed E-state index contributed by atoms with van der Waals surface area (Å²) in [5, 5.41) is 8.66. The number of carboxylic acid groups (broad SMARTS) is 1. The first-order chi connectivity index (χ1) is 6.56. The van der Waals surface area contributed by atoms with Gasteiger partial charge in [-0.15, -0.1) is 0 Å². The van der Waals surface area contributed by atoms with Crippen molar-refractivity contribution in [2.75, 3.05) is 7.11 Å². The molecule has 1 amide bonds. The van der Waals surface area contributed by atoms with Crippen molar-refractivity contribution in [3.63, 3.8) is 0 Å². The van der Waals surface area contributed by atoms with E-state index in [0.717, 1.165) is 0 Å². The van der Waals surface area contributed by atoms with E-state index in [1.807, 2.05) is 0 Å². The number of carbonyl (C=O) groups excluding carboxylic acids is 1. The van der Waals surface area contributed by atoms with Gasteiger partial charge in [-0.1, -0.05) is 0 Å². The molecule has 0 aliphatic carbocycles. The summed E-state index contributed by atoms with van der Waals surface area (Å²) in [6.07, 6.45) is 0. The zero-order valence-electron chi connectivity index (χ0n) is 7.48. The number of nitrogens with two attached hydrogens (primary N) is 1. The second-order valence-corrected chi connectivity index (χ2v) is 2.58. The van der Waals surface area contributed by atoms with Crippen LogP contribution in [0.4, 0.5) is 0 Å². The highest BCUT2D eigenvalue weighted by Gasteiger charge is 2.11. The smallest absolute Gasteiger partial charge is 0.335 e. The third kappa shape index (κ3) is 1.82. The number of ether oxygens (including phenoxy) is 1. The van der Waals surface area contributed by atoms with Gasteiger partial charge in [0.1, 0.15) is 5.75 Å². The molecule has 3 N–H and O–H groups in total. The van der Waals surface area contributed by atoms with Crippen LogP contribution in [0.1, 0.15) is 20.7 Å². The lowest BCUT2D eigenvalue weighted by atomic mass is 10.1. The normalized spacial score (nSPS) is 9.50. The fourth-order valence-electron chi connectivity index (χ4n) is 1.03. The molecule has 74 valence electrons. The van der Waals surface area contributed by atoms with Gasteiger partial charge in [0.15, 0.2) is 0 Å². The van der Waals surface area contributed by atoms with E-state index in [2.05, 4.69) is 0 Å². The lowest BCUT2D eigenvalue weighted by Crippen LogP contribution is -2.13. The number of benzene rings is 1. The van der Waals surface area contributed by atoms with E-state index in [1.54, 1.807) is 0 Å². The quantitative estimate of drug-likeness (QED) is 0.734. The molecule has 0 unspecified atom stereocenters. The summed E-state index contributed by atoms with van der Waals surface area (Å²) in [7, 11) is 1.34. The number of rotatable bonds is 3. The molecule has 0 spiro atoms. The van der Waals surface area contributed by atoms with Crippen LogP contribution in [-0.2, 0) is 0 Å². The lowest BCUT2D eigenvalue weighted by Gasteiger charge is -2.05. The van der Waals surface area contributed by atoms with Crippen LogP contribution in [0.25, 0.3) is 0 Å². The first-order valence-corrected chi connectivity index (χ1v) is 3.77. The van der Waals surface area contributed by atoms with Crippen molar-refractivity contribution in [3.05, 3.63) is 29.3 Å². The molecule has 1 rings (SSSR count). The van der Waals surface area contributed by atoms with Gasteiger partial charge < -0.3 is 15.6 Å². The maximum atomic E-state index is 10.9. The van der Waals surface area contributed by atoms with E-state index in [9.17, 15) is 9.59 Å². The third-order valence-corrected chi connectivity index (χ3v) is 1.71. The van der Waals surface area contributed by atoms with Gasteiger partial charge in [0.05, 0.1) is 18.2 Å². The minimum Gasteiger partial charge on any atom is -0.496 e. The topological polar surface area (TPSA) is 89.6 Å². The molecule has 5 heteroatoms. The van der Waals surface area contributed by atoms with Crippen molar-refractivity contribution in [1.82, 2.24) is 0 Å². The maximum absolute atomic E-state index is 10.9. The van der Waals surface area contributed by atoms with Gasteiger partial charge in [-0.05, 0) is 18.2 Å². The monoisotopic (exact) mass is 195 g/mol. The average Bonchev–Trinajstić information content (AvgIpc) is 2.16. The molecule has 0 radical (unpaired) electrons. The standard InChI is InChI=1S/C9H9NO4/c1-14-7-4-5(9(12)13)2-3-6(7)8(10)11/h2-4H,1H3,(H2,10,11)(H,12,13). The number of primary amides is 1. The lowest BCUT2D eigenvalue weighted by molar-refractivity contribution is 0.0696. The Hall–Kier alpha value is -2.04. The highest BCUT2D eigenvalue weighted by atomic mass is 16.5. The van der Waals surface area contributed by atoms with Crippen LogP contribution in [0.3, 0.4) is 0 Å². The van der Waals surface area contributed by atoms with Crippen molar-refractivity contribution in [2.24, 2.45) is 5.73 Å². The molecule has 0 aromatic heterocycles. The molecule has 5 nitrogen and oxygen atoms in total. The van der Waals surface area contributed by atoms with Crippen molar-refractivity contribution >= 4 is 11.9 Å². The van der Waals surface area contributed by atoms with Crippen LogP contribution in [-0.4, -0.2) is 24.1 Å². The van der Waals surface area contributed by atoms with Gasteiger partial charge >= 0.3 is 5.97 Å². The Bertz CT molecular complexity index is 386. The zero-order chi connectivity index (χ0) is 10.7. The Kier molecular flexibility index (Phi) is 2.71. The Morgan fingerprint density at radius 2 is 2.07 bits per heavy atom. The molecule has 0 bridgehead atoms. The van der Waals surface area contributed by atoms with E-state index in [0.29, 0.717) is 0 Å². The minimum atomic E-state index is -1.08. The number of methoxy groups -OCH3 is 1. The summed E-state index contributed by atoms with van der Waals surface area (Å²) in [6, 6.07) is 3.87. The predicted molar refractivity (Wildman–Crippen MR) is 48.5 cm³/mol. The number of hydrogen-bond acceptors (Lipinski definition) is 3. The molecule has 1 aromatic carbocycles. The SMILES string of the molecule is COc1cc(C(=O)O)ccc1C(N)=O. The molecule has 0 atom stereocenters. The molecule has 0 fully saturated rings. The number of carbonyl (C=O) groups is 2. The van der Waals surface area contributed by atoms with E-state index < -0.39 is 11.9 Å². The number of aromatic carboxylic acids is 1. The highest BCUT2D eigenvalue weighted by Crippen LogP contribution is 2.19. The summed E-state index contributed by atoms with van der Waals surface area (Å²) >= 11 is 0. The van der Waals surface area contributed by atoms with Crippen molar-refractivity contribution in [3.8, 4) is 5.75 Å². The third-order valence-electron chi connectivity index (χ3n) is 1.71. The largest absolute Gasteiger partial charge is 0.496 e. The Morgan fingerprint density at radius 1 is 1.43 bits per heavy atom. The molecule has 0 heterocycles. The number of hydrogen-bond donors (Lipinski definition) is 2. The minimum absolute atomic E-state index is 0.0480. The van der Waals surface area contributed by atoms with Crippen LogP contribution in [0.5, 0.6) is 5.75 Å². The first-order valence-electron chi connectivity index (χ1n) is 3.77. The fourth-order valence-corrected chi connectivity index (χ4v) is 1.03. The molecular formula is C9H9NO4. The van der Waals surface area contributed by atoms with E-state index in [-0.39, 0.29) is 16.9 Å². The average molecular weight is 195 g/mol. The van der Waals surface area contributed by atoms with Gasteiger partial charge in [0.25, 0.3) is 5.91 Å². The maximum Gasteiger partial charge on any atom is 0.335 e. The van der Waals surface area contributed by atoms with Gasteiger partial charge in [-0.25, -0.2) is 4.79 Å². The summed E-state index contributed by atoms with van der Waals surface area (Å²) in [5.74, 6) is -1.57. The predicted octanol–water partition coefficient (Wildman–Crippen LogP) is 0.492. The summed E-state index contributed by atoms with van der Waals surface area (Å²) in [5.41, 5.74) is 5.26. The van der Waals surface area contributed by atoms with Gasteiger partial charge in [0.2, 0.25) is 0 Å². The molecule has 0 saturated carbocycles. The van der Waals surface area contributed by atoms with Crippen molar-refractivity contribution in [2.45, 2.75) is 0 Å². The second kappa shape index (κ2) is 3.78. The molecule has 14 heavy (non-hydrogen) atoms. The van der Waals surface area contributed by atoms with E-state index in [1.165, 1.54) is 25.3 Å². The Morgan fingerprint density at radius 3 is 2.50 bits per heavy atom. The van der Waals surface area contributed by atoms with E-state index >= 15 is 0 Å². The van der Waals surface area contributed by atoms with Crippen molar-refractivity contribution in [1.29, 1.82) is 0 Å². The van der Waals surface area contributed by atoms with Crippen LogP contribution in [0.2, 0.25) is 0 Å². The van der Waals surface area contributed by atoms with Crippen LogP contribution in [0.15, 0.2) is 18.2 Å². The van der Waals surface area contributed by atoms with Gasteiger partial charge in [-0.2, -0.15) is 0 Å². The summed E-state index contributed by atoms with van der Waals surface area (Å²) in [6.45, 7) is 0. The fraction of sp³-hybridized carbons (Fsp3) is 0.111. The summed E-state index contributed by atoms with van der Waals surface area (Å²) < 4.78 is 4.83. The highest BCUT2D eigenvalue weighted by molar-refractivity contribution is 5.97. The van der Waals surface area contributed by atoms with Crippen LogP contribution >= 0.6 is 0 Å². The molecule has 0 aliphatic rings. The Balaban J connectivity index is 3.25. The zero-order valence-corrected chi connectivity index (χ0v) is 7.48. The molecular weight excluding hydrogens is 186 g/mol. The molecule has 0 aliphatic heterocycles. The molecule has 0 saturated heterocycles. The summed E-state index contributed by atoms with van der Waals surface area (Å²) in [4.78, 5) is 21.4. The molecule has 1 aromatic rings. The van der Waals surface area contributed by atoms with Crippen molar-refractivity contribution < 1.29 is 19.4 Å². The van der Waals surface area contributed by atoms with Gasteiger partial charge in [0, 0.05) is 0 Å².